The molecule has 1 saturated heterocycles. The van der Waals surface area contributed by atoms with Gasteiger partial charge in [-0.25, -0.2) is 0 Å². The molecule has 0 amide bonds. The van der Waals surface area contributed by atoms with Crippen LogP contribution in [-0.4, -0.2) is 30.4 Å². The summed E-state index contributed by atoms with van der Waals surface area (Å²) in [5.41, 5.74) is 1.28. The van der Waals surface area contributed by atoms with Crippen LogP contribution in [0.4, 0.5) is 5.69 Å². The van der Waals surface area contributed by atoms with Crippen molar-refractivity contribution < 1.29 is 13.5 Å². The van der Waals surface area contributed by atoms with Gasteiger partial charge < -0.3 is 5.11 Å². The van der Waals surface area contributed by atoms with Gasteiger partial charge in [0.15, 0.2) is 0 Å². The minimum Gasteiger partial charge on any atom is -0.392 e. The summed E-state index contributed by atoms with van der Waals surface area (Å²) >= 11 is 0. The standard InChI is InChI=1S/C13H20N2O3S/c1-11-4-2-3-9-15(11)19(17,18)14-13-7-5-12(10-16)6-8-13/h5-8,11,14,16H,2-4,9-10H2,1H3. The molecule has 0 saturated carbocycles. The van der Waals surface area contributed by atoms with Gasteiger partial charge in [0.05, 0.1) is 6.61 Å². The van der Waals surface area contributed by atoms with Crippen LogP contribution < -0.4 is 4.72 Å². The van der Waals surface area contributed by atoms with Crippen LogP contribution in [0.15, 0.2) is 24.3 Å². The maximum atomic E-state index is 12.3. The molecule has 0 spiro atoms. The Morgan fingerprint density at radius 1 is 1.32 bits per heavy atom. The van der Waals surface area contributed by atoms with Gasteiger partial charge in [-0.3, -0.25) is 4.72 Å². The van der Waals surface area contributed by atoms with E-state index in [-0.39, 0.29) is 12.6 Å². The quantitative estimate of drug-likeness (QED) is 0.884. The van der Waals surface area contributed by atoms with Crippen LogP contribution in [0.3, 0.4) is 0 Å². The van der Waals surface area contributed by atoms with Gasteiger partial charge in [-0.05, 0) is 37.5 Å². The van der Waals surface area contributed by atoms with Gasteiger partial charge in [0.25, 0.3) is 0 Å². The van der Waals surface area contributed by atoms with E-state index in [4.69, 9.17) is 5.11 Å². The normalized spacial score (nSPS) is 21.3. The SMILES string of the molecule is CC1CCCCN1S(=O)(=O)Nc1ccc(CO)cc1. The highest BCUT2D eigenvalue weighted by Gasteiger charge is 2.29. The zero-order chi connectivity index (χ0) is 13.9. The number of hydrogen-bond donors (Lipinski definition) is 2. The molecule has 1 aliphatic heterocycles. The van der Waals surface area contributed by atoms with E-state index in [9.17, 15) is 8.42 Å². The van der Waals surface area contributed by atoms with Gasteiger partial charge >= 0.3 is 10.2 Å². The number of piperidine rings is 1. The maximum Gasteiger partial charge on any atom is 0.301 e. The second-order valence-electron chi connectivity index (χ2n) is 4.92. The van der Waals surface area contributed by atoms with Crippen LogP contribution in [0.5, 0.6) is 0 Å². The highest BCUT2D eigenvalue weighted by atomic mass is 32.2. The molecular weight excluding hydrogens is 264 g/mol. The molecule has 1 heterocycles. The van der Waals surface area contributed by atoms with Gasteiger partial charge in [-0.1, -0.05) is 18.6 Å². The Morgan fingerprint density at radius 2 is 2.00 bits per heavy atom. The number of nitrogens with one attached hydrogen (secondary N) is 1. The first-order chi connectivity index (χ1) is 9.03. The Hall–Kier alpha value is -1.11. The number of hydrogen-bond acceptors (Lipinski definition) is 3. The molecule has 0 bridgehead atoms. The summed E-state index contributed by atoms with van der Waals surface area (Å²) in [6.07, 6.45) is 2.90. The molecule has 1 aromatic carbocycles. The van der Waals surface area contributed by atoms with Crippen molar-refractivity contribution in [1.82, 2.24) is 4.31 Å². The Morgan fingerprint density at radius 3 is 2.58 bits per heavy atom. The third-order valence-corrected chi connectivity index (χ3v) is 5.09. The molecule has 0 aromatic heterocycles. The van der Waals surface area contributed by atoms with E-state index in [1.165, 1.54) is 4.31 Å². The van der Waals surface area contributed by atoms with Crippen molar-refractivity contribution in [2.45, 2.75) is 38.8 Å². The minimum atomic E-state index is -3.48. The number of rotatable bonds is 4. The van der Waals surface area contributed by atoms with Crippen molar-refractivity contribution in [1.29, 1.82) is 0 Å². The maximum absolute atomic E-state index is 12.3. The first kappa shape index (κ1) is 14.3. The molecule has 19 heavy (non-hydrogen) atoms. The van der Waals surface area contributed by atoms with E-state index in [0.717, 1.165) is 24.8 Å². The van der Waals surface area contributed by atoms with Crippen LogP contribution >= 0.6 is 0 Å². The summed E-state index contributed by atoms with van der Waals surface area (Å²) in [5.74, 6) is 0. The summed E-state index contributed by atoms with van der Waals surface area (Å²) in [5, 5.41) is 8.95. The molecule has 1 aliphatic rings. The van der Waals surface area contributed by atoms with E-state index in [1.807, 2.05) is 6.92 Å². The highest BCUT2D eigenvalue weighted by Crippen LogP contribution is 2.21. The number of aliphatic hydroxyl groups excluding tert-OH is 1. The van der Waals surface area contributed by atoms with Crippen molar-refractivity contribution in [3.63, 3.8) is 0 Å². The highest BCUT2D eigenvalue weighted by molar-refractivity contribution is 7.90. The zero-order valence-electron chi connectivity index (χ0n) is 11.0. The van der Waals surface area contributed by atoms with Crippen molar-refractivity contribution in [3.05, 3.63) is 29.8 Å². The van der Waals surface area contributed by atoms with Crippen LogP contribution in [-0.2, 0) is 16.8 Å². The van der Waals surface area contributed by atoms with E-state index >= 15 is 0 Å². The first-order valence-corrected chi connectivity index (χ1v) is 7.96. The third-order valence-electron chi connectivity index (χ3n) is 3.43. The molecule has 6 heteroatoms. The van der Waals surface area contributed by atoms with Crippen molar-refractivity contribution in [2.75, 3.05) is 11.3 Å². The Balaban J connectivity index is 2.11. The fourth-order valence-corrected chi connectivity index (χ4v) is 3.81. The molecule has 106 valence electrons. The van der Waals surface area contributed by atoms with Crippen LogP contribution in [0.2, 0.25) is 0 Å². The van der Waals surface area contributed by atoms with Gasteiger partial charge in [-0.15, -0.1) is 0 Å². The lowest BCUT2D eigenvalue weighted by atomic mass is 10.1. The second kappa shape index (κ2) is 5.90. The van der Waals surface area contributed by atoms with Gasteiger partial charge in [0.1, 0.15) is 0 Å². The van der Waals surface area contributed by atoms with Crippen molar-refractivity contribution in [3.8, 4) is 0 Å². The lowest BCUT2D eigenvalue weighted by Gasteiger charge is -2.32. The van der Waals surface area contributed by atoms with Gasteiger partial charge in [-0.2, -0.15) is 12.7 Å². The third kappa shape index (κ3) is 3.46. The molecule has 1 unspecified atom stereocenters. The first-order valence-electron chi connectivity index (χ1n) is 6.52. The molecular formula is C13H20N2O3S. The largest absolute Gasteiger partial charge is 0.392 e. The van der Waals surface area contributed by atoms with Gasteiger partial charge in [0, 0.05) is 18.3 Å². The summed E-state index contributed by atoms with van der Waals surface area (Å²) in [7, 11) is -3.48. The van der Waals surface area contributed by atoms with E-state index in [0.29, 0.717) is 12.2 Å². The van der Waals surface area contributed by atoms with Crippen molar-refractivity contribution in [2.24, 2.45) is 0 Å². The fraction of sp³-hybridized carbons (Fsp3) is 0.538. The average Bonchev–Trinajstić information content (AvgIpc) is 2.39. The van der Waals surface area contributed by atoms with E-state index in [2.05, 4.69) is 4.72 Å². The predicted molar refractivity (Wildman–Crippen MR) is 74.9 cm³/mol. The smallest absolute Gasteiger partial charge is 0.301 e. The lowest BCUT2D eigenvalue weighted by molar-refractivity contribution is 0.270. The molecule has 0 radical (unpaired) electrons. The average molecular weight is 284 g/mol. The summed E-state index contributed by atoms with van der Waals surface area (Å²) in [6, 6.07) is 6.78. The number of anilines is 1. The predicted octanol–water partition coefficient (Wildman–Crippen LogP) is 1.71. The lowest BCUT2D eigenvalue weighted by Crippen LogP contribution is -2.44. The second-order valence-corrected chi connectivity index (χ2v) is 6.54. The van der Waals surface area contributed by atoms with E-state index < -0.39 is 10.2 Å². The molecule has 1 aromatic rings. The van der Waals surface area contributed by atoms with E-state index in [1.54, 1.807) is 24.3 Å². The summed E-state index contributed by atoms with van der Waals surface area (Å²) in [6.45, 7) is 2.47. The zero-order valence-corrected chi connectivity index (χ0v) is 11.9. The van der Waals surface area contributed by atoms with Crippen LogP contribution in [0.1, 0.15) is 31.7 Å². The summed E-state index contributed by atoms with van der Waals surface area (Å²) < 4.78 is 28.7. The van der Waals surface area contributed by atoms with Crippen molar-refractivity contribution >= 4 is 15.9 Å². The Kier molecular flexibility index (Phi) is 4.44. The molecule has 0 aliphatic carbocycles. The van der Waals surface area contributed by atoms with Gasteiger partial charge in [0.2, 0.25) is 0 Å². The number of nitrogens with zero attached hydrogens (tertiary/aromatic N) is 1. The topological polar surface area (TPSA) is 69.6 Å². The molecule has 2 rings (SSSR count). The Labute approximate surface area is 114 Å². The molecule has 1 fully saturated rings. The number of aliphatic hydroxyl groups is 1. The van der Waals surface area contributed by atoms with Crippen LogP contribution in [0.25, 0.3) is 0 Å². The fourth-order valence-electron chi connectivity index (χ4n) is 2.31. The molecule has 5 nitrogen and oxygen atoms in total. The number of benzene rings is 1. The Bertz CT molecular complexity index is 513. The summed E-state index contributed by atoms with van der Waals surface area (Å²) in [4.78, 5) is 0. The molecule has 1 atom stereocenters. The van der Waals surface area contributed by atoms with Crippen LogP contribution in [0, 0.1) is 0 Å². The monoisotopic (exact) mass is 284 g/mol. The minimum absolute atomic E-state index is 0.0444. The molecule has 2 N–H and O–H groups in total.